The molecule has 0 aliphatic rings. The monoisotopic (exact) mass is 288 g/mol. The van der Waals surface area contributed by atoms with Gasteiger partial charge in [0, 0.05) is 10.9 Å². The van der Waals surface area contributed by atoms with E-state index in [4.69, 9.17) is 4.74 Å². The van der Waals surface area contributed by atoms with Crippen molar-refractivity contribution < 1.29 is 9.13 Å². The van der Waals surface area contributed by atoms with Crippen LogP contribution in [0, 0.1) is 11.7 Å². The van der Waals surface area contributed by atoms with Crippen LogP contribution in [0.3, 0.4) is 0 Å². The Morgan fingerprint density at radius 2 is 2.12 bits per heavy atom. The molecule has 0 aliphatic carbocycles. The van der Waals surface area contributed by atoms with Crippen molar-refractivity contribution in [1.82, 2.24) is 0 Å². The highest BCUT2D eigenvalue weighted by Crippen LogP contribution is 2.12. The zero-order valence-corrected chi connectivity index (χ0v) is 11.2. The van der Waals surface area contributed by atoms with Crippen molar-refractivity contribution in [3.8, 4) is 0 Å². The lowest BCUT2D eigenvalue weighted by Crippen LogP contribution is -2.11. The molecule has 1 nitrogen and oxygen atoms in total. The van der Waals surface area contributed by atoms with Gasteiger partial charge in [-0.2, -0.15) is 0 Å². The first kappa shape index (κ1) is 13.7. The molecule has 0 heterocycles. The zero-order valence-electron chi connectivity index (χ0n) is 9.59. The summed E-state index contributed by atoms with van der Waals surface area (Å²) in [6, 6.07) is 6.75. The predicted octanol–water partition coefficient (Wildman–Crippen LogP) is 4.15. The normalized spacial score (nSPS) is 12.7. The molecular formula is C13H18BrFO. The van der Waals surface area contributed by atoms with Gasteiger partial charge in [0.1, 0.15) is 5.82 Å². The topological polar surface area (TPSA) is 9.23 Å². The maximum Gasteiger partial charge on any atom is 0.128 e. The fraction of sp³-hybridized carbons (Fsp3) is 0.538. The van der Waals surface area contributed by atoms with Gasteiger partial charge in [-0.1, -0.05) is 47.5 Å². The SMILES string of the molecule is CCCC(CBr)COCc1ccccc1F. The summed E-state index contributed by atoms with van der Waals surface area (Å²) < 4.78 is 18.8. The van der Waals surface area contributed by atoms with E-state index in [2.05, 4.69) is 22.9 Å². The molecule has 0 aliphatic heterocycles. The summed E-state index contributed by atoms with van der Waals surface area (Å²) in [4.78, 5) is 0. The molecule has 1 aromatic rings. The summed E-state index contributed by atoms with van der Waals surface area (Å²) in [5.74, 6) is 0.338. The molecule has 0 aromatic heterocycles. The highest BCUT2D eigenvalue weighted by molar-refractivity contribution is 9.09. The molecule has 1 aromatic carbocycles. The number of rotatable bonds is 7. The van der Waals surface area contributed by atoms with Crippen LogP contribution in [0.2, 0.25) is 0 Å². The first-order valence-corrected chi connectivity index (χ1v) is 6.77. The molecule has 0 bridgehead atoms. The molecule has 16 heavy (non-hydrogen) atoms. The summed E-state index contributed by atoms with van der Waals surface area (Å²) >= 11 is 3.46. The maximum absolute atomic E-state index is 13.3. The summed E-state index contributed by atoms with van der Waals surface area (Å²) in [5.41, 5.74) is 0.632. The van der Waals surface area contributed by atoms with Gasteiger partial charge in [0.15, 0.2) is 0 Å². The fourth-order valence-electron chi connectivity index (χ4n) is 1.56. The van der Waals surface area contributed by atoms with Crippen LogP contribution in [0.4, 0.5) is 4.39 Å². The fourth-order valence-corrected chi connectivity index (χ4v) is 2.07. The van der Waals surface area contributed by atoms with Crippen molar-refractivity contribution >= 4 is 15.9 Å². The molecule has 0 amide bonds. The molecule has 0 fully saturated rings. The van der Waals surface area contributed by atoms with Crippen LogP contribution >= 0.6 is 15.9 Å². The van der Waals surface area contributed by atoms with Crippen LogP contribution in [0.1, 0.15) is 25.3 Å². The lowest BCUT2D eigenvalue weighted by Gasteiger charge is -2.13. The van der Waals surface area contributed by atoms with Gasteiger partial charge >= 0.3 is 0 Å². The molecule has 3 heteroatoms. The highest BCUT2D eigenvalue weighted by Gasteiger charge is 2.07. The Balaban J connectivity index is 2.32. The number of alkyl halides is 1. The highest BCUT2D eigenvalue weighted by atomic mass is 79.9. The average molecular weight is 289 g/mol. The first-order valence-electron chi connectivity index (χ1n) is 5.65. The van der Waals surface area contributed by atoms with Gasteiger partial charge < -0.3 is 4.74 Å². The smallest absolute Gasteiger partial charge is 0.128 e. The Labute approximate surface area is 105 Å². The van der Waals surface area contributed by atoms with Crippen molar-refractivity contribution in [1.29, 1.82) is 0 Å². The van der Waals surface area contributed by atoms with Crippen LogP contribution in [0.15, 0.2) is 24.3 Å². The number of ether oxygens (including phenoxy) is 1. The van der Waals surface area contributed by atoms with Crippen LogP contribution in [-0.2, 0) is 11.3 Å². The molecule has 1 unspecified atom stereocenters. The molecular weight excluding hydrogens is 271 g/mol. The molecule has 0 saturated carbocycles. The van der Waals surface area contributed by atoms with Crippen molar-refractivity contribution in [2.45, 2.75) is 26.4 Å². The van der Waals surface area contributed by atoms with E-state index in [-0.39, 0.29) is 5.82 Å². The Morgan fingerprint density at radius 1 is 1.38 bits per heavy atom. The molecule has 0 N–H and O–H groups in total. The van der Waals surface area contributed by atoms with E-state index in [1.165, 1.54) is 6.07 Å². The molecule has 1 rings (SSSR count). The maximum atomic E-state index is 13.3. The third-order valence-corrected chi connectivity index (χ3v) is 3.40. The van der Waals surface area contributed by atoms with Gasteiger partial charge in [0.05, 0.1) is 13.2 Å². The van der Waals surface area contributed by atoms with Crippen molar-refractivity contribution in [2.24, 2.45) is 5.92 Å². The minimum Gasteiger partial charge on any atom is -0.376 e. The van der Waals surface area contributed by atoms with Gasteiger partial charge in [0.25, 0.3) is 0 Å². The van der Waals surface area contributed by atoms with E-state index >= 15 is 0 Å². The van der Waals surface area contributed by atoms with Crippen LogP contribution in [0.25, 0.3) is 0 Å². The minimum atomic E-state index is -0.187. The molecule has 90 valence electrons. The summed E-state index contributed by atoms with van der Waals surface area (Å²) in [6.45, 7) is 3.21. The van der Waals surface area contributed by atoms with E-state index < -0.39 is 0 Å². The van der Waals surface area contributed by atoms with Gasteiger partial charge in [-0.15, -0.1) is 0 Å². The summed E-state index contributed by atoms with van der Waals surface area (Å²) in [5, 5.41) is 0.943. The average Bonchev–Trinajstić information content (AvgIpc) is 2.30. The van der Waals surface area contributed by atoms with E-state index in [0.717, 1.165) is 18.2 Å². The second-order valence-corrected chi connectivity index (χ2v) is 4.56. The molecule has 0 radical (unpaired) electrons. The Bertz CT molecular complexity index is 304. The van der Waals surface area contributed by atoms with E-state index in [9.17, 15) is 4.39 Å². The Hall–Kier alpha value is -0.410. The third-order valence-electron chi connectivity index (χ3n) is 2.48. The summed E-state index contributed by atoms with van der Waals surface area (Å²) in [6.07, 6.45) is 2.29. The lowest BCUT2D eigenvalue weighted by molar-refractivity contribution is 0.0891. The van der Waals surface area contributed by atoms with Gasteiger partial charge in [-0.3, -0.25) is 0 Å². The van der Waals surface area contributed by atoms with Crippen LogP contribution < -0.4 is 0 Å². The van der Waals surface area contributed by atoms with Gasteiger partial charge in [-0.05, 0) is 18.4 Å². The number of halogens is 2. The number of benzene rings is 1. The van der Waals surface area contributed by atoms with Gasteiger partial charge in [-0.25, -0.2) is 4.39 Å². The quantitative estimate of drug-likeness (QED) is 0.685. The molecule has 0 saturated heterocycles. The molecule has 0 spiro atoms. The number of hydrogen-bond donors (Lipinski definition) is 0. The van der Waals surface area contributed by atoms with Crippen molar-refractivity contribution in [3.05, 3.63) is 35.6 Å². The van der Waals surface area contributed by atoms with Crippen molar-refractivity contribution in [3.63, 3.8) is 0 Å². The van der Waals surface area contributed by atoms with Gasteiger partial charge in [0.2, 0.25) is 0 Å². The first-order chi connectivity index (χ1) is 7.77. The second kappa shape index (κ2) is 7.80. The van der Waals surface area contributed by atoms with Crippen molar-refractivity contribution in [2.75, 3.05) is 11.9 Å². The standard InChI is InChI=1S/C13H18BrFO/c1-2-5-11(8-14)9-16-10-12-6-3-4-7-13(12)15/h3-4,6-7,11H,2,5,8-10H2,1H3. The zero-order chi connectivity index (χ0) is 11.8. The second-order valence-electron chi connectivity index (χ2n) is 3.92. The predicted molar refractivity (Wildman–Crippen MR) is 68.2 cm³/mol. The summed E-state index contributed by atoms with van der Waals surface area (Å²) in [7, 11) is 0. The van der Waals surface area contributed by atoms with Crippen LogP contribution in [0.5, 0.6) is 0 Å². The molecule has 1 atom stereocenters. The van der Waals surface area contributed by atoms with Crippen LogP contribution in [-0.4, -0.2) is 11.9 Å². The van der Waals surface area contributed by atoms with E-state index in [0.29, 0.717) is 24.7 Å². The largest absolute Gasteiger partial charge is 0.376 e. The van der Waals surface area contributed by atoms with E-state index in [1.807, 2.05) is 6.07 Å². The minimum absolute atomic E-state index is 0.187. The Kier molecular flexibility index (Phi) is 6.65. The third kappa shape index (κ3) is 4.62. The van der Waals surface area contributed by atoms with E-state index in [1.54, 1.807) is 12.1 Å². The Morgan fingerprint density at radius 3 is 2.75 bits per heavy atom. The number of hydrogen-bond acceptors (Lipinski definition) is 1. The lowest BCUT2D eigenvalue weighted by atomic mass is 10.1.